The fourth-order valence-electron chi connectivity index (χ4n) is 5.44. The SMILES string of the molecule is COc1cc2ncnc(Nc3ccc(F)c(Cl)c3)c2cc1OCCCN1OC(C)c2ccc3cc4ccccc4nc3c21. The molecule has 1 aliphatic heterocycles. The summed E-state index contributed by atoms with van der Waals surface area (Å²) in [4.78, 5) is 20.0. The molecule has 1 unspecified atom stereocenters. The van der Waals surface area contributed by atoms with Crippen LogP contribution in [0.2, 0.25) is 5.02 Å². The molecule has 43 heavy (non-hydrogen) atoms. The predicted octanol–water partition coefficient (Wildman–Crippen LogP) is 8.16. The molecule has 216 valence electrons. The summed E-state index contributed by atoms with van der Waals surface area (Å²) in [7, 11) is 1.59. The molecule has 4 aromatic carbocycles. The summed E-state index contributed by atoms with van der Waals surface area (Å²) in [6.07, 6.45) is 2.06. The van der Waals surface area contributed by atoms with Gasteiger partial charge in [-0.05, 0) is 43.3 Å². The highest BCUT2D eigenvalue weighted by atomic mass is 35.5. The first kappa shape index (κ1) is 27.1. The number of benzene rings is 4. The molecular formula is C33H27ClFN5O3. The predicted molar refractivity (Wildman–Crippen MR) is 167 cm³/mol. The van der Waals surface area contributed by atoms with Crippen LogP contribution in [0, 0.1) is 5.82 Å². The van der Waals surface area contributed by atoms with E-state index in [-0.39, 0.29) is 11.1 Å². The van der Waals surface area contributed by atoms with Crippen LogP contribution in [0.25, 0.3) is 32.7 Å². The molecule has 6 aromatic rings. The number of ether oxygens (including phenoxy) is 2. The van der Waals surface area contributed by atoms with Gasteiger partial charge in [0.05, 0.1) is 41.0 Å². The third-order valence-corrected chi connectivity index (χ3v) is 7.82. The molecule has 1 atom stereocenters. The van der Waals surface area contributed by atoms with Crippen molar-refractivity contribution in [2.24, 2.45) is 0 Å². The highest BCUT2D eigenvalue weighted by Crippen LogP contribution is 2.42. The molecule has 0 amide bonds. The molecule has 10 heteroatoms. The molecule has 7 rings (SSSR count). The van der Waals surface area contributed by atoms with Gasteiger partial charge in [-0.15, -0.1) is 0 Å². The van der Waals surface area contributed by atoms with Crippen molar-refractivity contribution in [3.63, 3.8) is 0 Å². The van der Waals surface area contributed by atoms with E-state index in [9.17, 15) is 4.39 Å². The Hall–Kier alpha value is -4.73. The third-order valence-electron chi connectivity index (χ3n) is 7.53. The number of methoxy groups -OCH3 is 1. The van der Waals surface area contributed by atoms with Gasteiger partial charge in [0, 0.05) is 46.4 Å². The molecule has 1 N–H and O–H groups in total. The smallest absolute Gasteiger partial charge is 0.162 e. The Kier molecular flexibility index (Phi) is 7.04. The first-order valence-electron chi connectivity index (χ1n) is 13.9. The molecule has 0 bridgehead atoms. The largest absolute Gasteiger partial charge is 0.493 e. The van der Waals surface area contributed by atoms with Crippen LogP contribution in [0.1, 0.15) is 25.0 Å². The van der Waals surface area contributed by atoms with Crippen molar-refractivity contribution in [1.82, 2.24) is 15.0 Å². The van der Waals surface area contributed by atoms with Crippen LogP contribution in [0.5, 0.6) is 11.5 Å². The second kappa shape index (κ2) is 11.2. The van der Waals surface area contributed by atoms with E-state index in [2.05, 4.69) is 46.5 Å². The van der Waals surface area contributed by atoms with Crippen LogP contribution in [0.15, 0.2) is 79.1 Å². The Labute approximate surface area is 252 Å². The Morgan fingerprint density at radius 3 is 2.72 bits per heavy atom. The Morgan fingerprint density at radius 1 is 0.977 bits per heavy atom. The maximum Gasteiger partial charge on any atom is 0.162 e. The van der Waals surface area contributed by atoms with Gasteiger partial charge in [0.1, 0.15) is 24.1 Å². The Bertz CT molecular complexity index is 2010. The maximum atomic E-state index is 13.7. The summed E-state index contributed by atoms with van der Waals surface area (Å²) >= 11 is 5.97. The molecule has 0 aliphatic carbocycles. The number of hydrogen-bond donors (Lipinski definition) is 1. The summed E-state index contributed by atoms with van der Waals surface area (Å²) in [5.74, 6) is 1.15. The van der Waals surface area contributed by atoms with E-state index in [0.717, 1.165) is 33.1 Å². The van der Waals surface area contributed by atoms with E-state index in [1.165, 1.54) is 18.5 Å². The zero-order valence-electron chi connectivity index (χ0n) is 23.5. The van der Waals surface area contributed by atoms with Gasteiger partial charge < -0.3 is 14.8 Å². The quantitative estimate of drug-likeness (QED) is 0.139. The minimum absolute atomic E-state index is 0.0187. The van der Waals surface area contributed by atoms with Crippen molar-refractivity contribution in [3.05, 3.63) is 95.5 Å². The highest BCUT2D eigenvalue weighted by Gasteiger charge is 2.29. The number of pyridine rings is 1. The Morgan fingerprint density at radius 2 is 1.86 bits per heavy atom. The molecule has 0 saturated heterocycles. The minimum Gasteiger partial charge on any atom is -0.493 e. The molecule has 0 fully saturated rings. The van der Waals surface area contributed by atoms with Crippen LogP contribution >= 0.6 is 11.6 Å². The molecule has 3 heterocycles. The molecule has 1 aliphatic rings. The van der Waals surface area contributed by atoms with Gasteiger partial charge in [0.25, 0.3) is 0 Å². The summed E-state index contributed by atoms with van der Waals surface area (Å²) in [6.45, 7) is 3.08. The molecular weight excluding hydrogens is 569 g/mol. The van der Waals surface area contributed by atoms with E-state index >= 15 is 0 Å². The number of halogens is 2. The number of para-hydroxylation sites is 1. The maximum absolute atomic E-state index is 13.7. The second-order valence-electron chi connectivity index (χ2n) is 10.3. The second-order valence-corrected chi connectivity index (χ2v) is 10.7. The fourth-order valence-corrected chi connectivity index (χ4v) is 5.62. The van der Waals surface area contributed by atoms with E-state index in [4.69, 9.17) is 30.9 Å². The van der Waals surface area contributed by atoms with Gasteiger partial charge in [-0.1, -0.05) is 41.9 Å². The normalized spacial score (nSPS) is 14.4. The molecule has 2 aromatic heterocycles. The molecule has 0 spiro atoms. The number of nitrogens with one attached hydrogen (secondary N) is 1. The van der Waals surface area contributed by atoms with Gasteiger partial charge in [-0.2, -0.15) is 0 Å². The lowest BCUT2D eigenvalue weighted by molar-refractivity contribution is 0.0641. The van der Waals surface area contributed by atoms with Crippen LogP contribution in [-0.4, -0.2) is 35.2 Å². The van der Waals surface area contributed by atoms with Gasteiger partial charge >= 0.3 is 0 Å². The summed E-state index contributed by atoms with van der Waals surface area (Å²) in [5, 5.41) is 8.05. The van der Waals surface area contributed by atoms with Crippen molar-refractivity contribution in [2.45, 2.75) is 19.4 Å². The number of nitrogens with zero attached hydrogens (tertiary/aromatic N) is 4. The highest BCUT2D eigenvalue weighted by molar-refractivity contribution is 6.31. The molecule has 0 radical (unpaired) electrons. The first-order valence-corrected chi connectivity index (χ1v) is 14.3. The van der Waals surface area contributed by atoms with E-state index < -0.39 is 5.82 Å². The van der Waals surface area contributed by atoms with Crippen molar-refractivity contribution < 1.29 is 18.7 Å². The van der Waals surface area contributed by atoms with Crippen molar-refractivity contribution >= 4 is 61.5 Å². The summed E-state index contributed by atoms with van der Waals surface area (Å²) in [6, 6.07) is 22.6. The van der Waals surface area contributed by atoms with E-state index in [0.29, 0.717) is 53.5 Å². The minimum atomic E-state index is -0.490. The Balaban J connectivity index is 1.11. The van der Waals surface area contributed by atoms with Gasteiger partial charge in [0.2, 0.25) is 0 Å². The fraction of sp³-hybridized carbons (Fsp3) is 0.182. The van der Waals surface area contributed by atoms with Crippen LogP contribution in [0.4, 0.5) is 21.6 Å². The van der Waals surface area contributed by atoms with E-state index in [1.807, 2.05) is 29.3 Å². The average Bonchev–Trinajstić information content (AvgIpc) is 3.35. The zero-order chi connectivity index (χ0) is 29.5. The standard InChI is InChI=1S/C33H27ClFN5O3/c1-19-23-10-8-21-14-20-6-3-4-7-27(20)39-31(21)32(23)40(43-19)12-5-13-42-30-16-24-28(17-29(30)41-2)36-18-37-33(24)38-22-9-11-26(35)25(34)15-22/h3-4,6-11,14-19H,5,12-13H2,1-2H3,(H,36,37,38). The lowest BCUT2D eigenvalue weighted by Gasteiger charge is -2.20. The third kappa shape index (κ3) is 5.11. The number of rotatable bonds is 8. The topological polar surface area (TPSA) is 81.6 Å². The zero-order valence-corrected chi connectivity index (χ0v) is 24.2. The number of fused-ring (bicyclic) bond motifs is 5. The number of aromatic nitrogens is 3. The monoisotopic (exact) mass is 595 g/mol. The van der Waals surface area contributed by atoms with Gasteiger partial charge in [-0.25, -0.2) is 19.3 Å². The van der Waals surface area contributed by atoms with Crippen LogP contribution in [-0.2, 0) is 4.84 Å². The van der Waals surface area contributed by atoms with E-state index in [1.54, 1.807) is 19.2 Å². The van der Waals surface area contributed by atoms with Crippen molar-refractivity contribution in [1.29, 1.82) is 0 Å². The molecule has 8 nitrogen and oxygen atoms in total. The average molecular weight is 596 g/mol. The number of hydrogen-bond acceptors (Lipinski definition) is 8. The van der Waals surface area contributed by atoms with Gasteiger partial charge in [-0.3, -0.25) is 9.90 Å². The van der Waals surface area contributed by atoms with Crippen LogP contribution in [0.3, 0.4) is 0 Å². The number of hydroxylamine groups is 1. The lowest BCUT2D eigenvalue weighted by atomic mass is 10.0. The summed E-state index contributed by atoms with van der Waals surface area (Å²) in [5.41, 5.74) is 5.27. The van der Waals surface area contributed by atoms with Crippen molar-refractivity contribution in [2.75, 3.05) is 30.6 Å². The lowest BCUT2D eigenvalue weighted by Crippen LogP contribution is -2.22. The molecule has 0 saturated carbocycles. The number of anilines is 3. The van der Waals surface area contributed by atoms with Crippen LogP contribution < -0.4 is 19.9 Å². The van der Waals surface area contributed by atoms with Gasteiger partial charge in [0.15, 0.2) is 11.5 Å². The first-order chi connectivity index (χ1) is 21.0. The van der Waals surface area contributed by atoms with Crippen molar-refractivity contribution in [3.8, 4) is 11.5 Å². The summed E-state index contributed by atoms with van der Waals surface area (Å²) < 4.78 is 25.5.